The zero-order chi connectivity index (χ0) is 13.7. The molecule has 6 nitrogen and oxygen atoms in total. The lowest BCUT2D eigenvalue weighted by molar-refractivity contribution is -0.385. The lowest BCUT2D eigenvalue weighted by Gasteiger charge is -2.10. The van der Waals surface area contributed by atoms with E-state index in [2.05, 4.69) is 5.32 Å². The number of benzene rings is 1. The topological polar surface area (TPSA) is 92.5 Å². The summed E-state index contributed by atoms with van der Waals surface area (Å²) in [6.45, 7) is 4.45. The molecule has 0 bridgehead atoms. The maximum Gasteiger partial charge on any atom is 0.311 e. The number of hydrogen-bond donors (Lipinski definition) is 2. The maximum absolute atomic E-state index is 11.8. The number of amides is 1. The van der Waals surface area contributed by atoms with Crippen LogP contribution in [0.15, 0.2) is 18.2 Å². The van der Waals surface area contributed by atoms with E-state index < -0.39 is 22.3 Å². The second-order valence-electron chi connectivity index (χ2n) is 4.15. The molecule has 1 amide bonds. The second kappa shape index (κ2) is 6.00. The van der Waals surface area contributed by atoms with Crippen LogP contribution in [0.5, 0.6) is 5.75 Å². The number of nitrogens with zero attached hydrogens (tertiary/aromatic N) is 1. The third-order valence-corrected chi connectivity index (χ3v) is 2.76. The van der Waals surface area contributed by atoms with Gasteiger partial charge in [-0.3, -0.25) is 14.9 Å². The molecule has 1 atom stereocenters. The first-order valence-electron chi connectivity index (χ1n) is 5.72. The summed E-state index contributed by atoms with van der Waals surface area (Å²) >= 11 is 0. The highest BCUT2D eigenvalue weighted by atomic mass is 16.6. The van der Waals surface area contributed by atoms with E-state index in [4.69, 9.17) is 0 Å². The van der Waals surface area contributed by atoms with Crippen molar-refractivity contribution in [2.45, 2.75) is 20.3 Å². The number of para-hydroxylation sites is 1. The molecule has 1 rings (SSSR count). The Morgan fingerprint density at radius 2 is 2.22 bits per heavy atom. The average molecular weight is 252 g/mol. The van der Waals surface area contributed by atoms with Gasteiger partial charge in [0.25, 0.3) is 5.91 Å². The standard InChI is InChI=1S/C12H16N2O4/c1-3-8(2)7-13-12(16)9-5-4-6-10(11(9)15)14(17)18/h4-6,8,15H,3,7H2,1-2H3,(H,13,16). The summed E-state index contributed by atoms with van der Waals surface area (Å²) < 4.78 is 0. The van der Waals surface area contributed by atoms with Crippen molar-refractivity contribution in [3.8, 4) is 5.75 Å². The minimum absolute atomic E-state index is 0.0764. The van der Waals surface area contributed by atoms with Gasteiger partial charge in [-0.15, -0.1) is 0 Å². The maximum atomic E-state index is 11.8. The van der Waals surface area contributed by atoms with Gasteiger partial charge in [-0.05, 0) is 12.0 Å². The van der Waals surface area contributed by atoms with Crippen LogP contribution < -0.4 is 5.32 Å². The smallest absolute Gasteiger partial charge is 0.311 e. The molecule has 1 aromatic rings. The van der Waals surface area contributed by atoms with E-state index in [9.17, 15) is 20.0 Å². The van der Waals surface area contributed by atoms with Crippen molar-refractivity contribution in [3.63, 3.8) is 0 Å². The third kappa shape index (κ3) is 3.19. The first kappa shape index (κ1) is 14.0. The average Bonchev–Trinajstić information content (AvgIpc) is 2.35. The fourth-order valence-corrected chi connectivity index (χ4v) is 1.37. The summed E-state index contributed by atoms with van der Waals surface area (Å²) in [5.74, 6) is -0.782. The number of phenolic OH excluding ortho intramolecular Hbond substituents is 1. The van der Waals surface area contributed by atoms with E-state index in [0.29, 0.717) is 12.5 Å². The van der Waals surface area contributed by atoms with Gasteiger partial charge in [-0.2, -0.15) is 0 Å². The van der Waals surface area contributed by atoms with Gasteiger partial charge in [0.05, 0.1) is 10.5 Å². The monoisotopic (exact) mass is 252 g/mol. The number of nitro benzene ring substituents is 1. The number of aromatic hydroxyl groups is 1. The Morgan fingerprint density at radius 1 is 1.56 bits per heavy atom. The Kier molecular flexibility index (Phi) is 4.65. The van der Waals surface area contributed by atoms with E-state index in [1.54, 1.807) is 0 Å². The van der Waals surface area contributed by atoms with E-state index >= 15 is 0 Å². The minimum Gasteiger partial charge on any atom is -0.502 e. The quantitative estimate of drug-likeness (QED) is 0.619. The van der Waals surface area contributed by atoms with E-state index in [1.165, 1.54) is 12.1 Å². The summed E-state index contributed by atoms with van der Waals surface area (Å²) in [5.41, 5.74) is -0.543. The molecule has 0 heterocycles. The summed E-state index contributed by atoms with van der Waals surface area (Å²) in [6, 6.07) is 3.88. The van der Waals surface area contributed by atoms with Crippen LogP contribution in [0.2, 0.25) is 0 Å². The molecule has 2 N–H and O–H groups in total. The number of nitro groups is 1. The van der Waals surface area contributed by atoms with Crippen LogP contribution in [0.3, 0.4) is 0 Å². The molecule has 1 unspecified atom stereocenters. The summed E-state index contributed by atoms with van der Waals surface area (Å²) in [6.07, 6.45) is 0.918. The Bertz CT molecular complexity index is 459. The van der Waals surface area contributed by atoms with Gasteiger partial charge < -0.3 is 10.4 Å². The third-order valence-electron chi connectivity index (χ3n) is 2.76. The van der Waals surface area contributed by atoms with E-state index in [-0.39, 0.29) is 5.56 Å². The molecular formula is C12H16N2O4. The summed E-state index contributed by atoms with van der Waals surface area (Å²) in [5, 5.41) is 22.9. The molecule has 0 aliphatic heterocycles. The second-order valence-corrected chi connectivity index (χ2v) is 4.15. The SMILES string of the molecule is CCC(C)CNC(=O)c1cccc([N+](=O)[O-])c1O. The van der Waals surface area contributed by atoms with Crippen molar-refractivity contribution in [1.29, 1.82) is 0 Å². The predicted molar refractivity (Wildman–Crippen MR) is 66.5 cm³/mol. The van der Waals surface area contributed by atoms with Crippen LogP contribution in [0.4, 0.5) is 5.69 Å². The van der Waals surface area contributed by atoms with Gasteiger partial charge in [0.15, 0.2) is 0 Å². The molecule has 18 heavy (non-hydrogen) atoms. The van der Waals surface area contributed by atoms with Gasteiger partial charge in [0, 0.05) is 12.6 Å². The van der Waals surface area contributed by atoms with Gasteiger partial charge in [0.2, 0.25) is 5.75 Å². The molecule has 0 saturated heterocycles. The first-order valence-corrected chi connectivity index (χ1v) is 5.72. The number of hydrogen-bond acceptors (Lipinski definition) is 4. The molecule has 0 aromatic heterocycles. The van der Waals surface area contributed by atoms with Crippen molar-refractivity contribution in [1.82, 2.24) is 5.32 Å². The highest BCUT2D eigenvalue weighted by Crippen LogP contribution is 2.29. The minimum atomic E-state index is -0.721. The highest BCUT2D eigenvalue weighted by molar-refractivity contribution is 5.98. The molecule has 0 radical (unpaired) electrons. The molecule has 0 aliphatic carbocycles. The number of carbonyl (C=O) groups excluding carboxylic acids is 1. The van der Waals surface area contributed by atoms with Crippen molar-refractivity contribution >= 4 is 11.6 Å². The van der Waals surface area contributed by atoms with Gasteiger partial charge in [-0.25, -0.2) is 0 Å². The van der Waals surface area contributed by atoms with Crippen molar-refractivity contribution in [2.24, 2.45) is 5.92 Å². The lowest BCUT2D eigenvalue weighted by Crippen LogP contribution is -2.28. The Hall–Kier alpha value is -2.11. The lowest BCUT2D eigenvalue weighted by atomic mass is 10.1. The first-order chi connectivity index (χ1) is 8.47. The molecule has 6 heteroatoms. The van der Waals surface area contributed by atoms with Crippen molar-refractivity contribution < 1.29 is 14.8 Å². The number of carbonyl (C=O) groups is 1. The van der Waals surface area contributed by atoms with Crippen LogP contribution in [0.25, 0.3) is 0 Å². The van der Waals surface area contributed by atoms with Crippen LogP contribution in [-0.4, -0.2) is 22.5 Å². The zero-order valence-electron chi connectivity index (χ0n) is 10.3. The normalized spacial score (nSPS) is 11.9. The number of nitrogens with one attached hydrogen (secondary N) is 1. The van der Waals surface area contributed by atoms with Crippen molar-refractivity contribution in [3.05, 3.63) is 33.9 Å². The Morgan fingerprint density at radius 3 is 2.78 bits per heavy atom. The molecule has 0 fully saturated rings. The van der Waals surface area contributed by atoms with Gasteiger partial charge in [0.1, 0.15) is 0 Å². The number of rotatable bonds is 5. The molecule has 0 aliphatic rings. The zero-order valence-corrected chi connectivity index (χ0v) is 10.3. The van der Waals surface area contributed by atoms with Crippen LogP contribution >= 0.6 is 0 Å². The molecule has 0 spiro atoms. The Balaban J connectivity index is 2.86. The van der Waals surface area contributed by atoms with E-state index in [0.717, 1.165) is 12.5 Å². The predicted octanol–water partition coefficient (Wildman–Crippen LogP) is 2.08. The summed E-state index contributed by atoms with van der Waals surface area (Å²) in [7, 11) is 0. The van der Waals surface area contributed by atoms with Gasteiger partial charge in [-0.1, -0.05) is 26.3 Å². The largest absolute Gasteiger partial charge is 0.502 e. The van der Waals surface area contributed by atoms with Crippen molar-refractivity contribution in [2.75, 3.05) is 6.54 Å². The van der Waals surface area contributed by atoms with Crippen LogP contribution in [0, 0.1) is 16.0 Å². The molecule has 0 saturated carbocycles. The summed E-state index contributed by atoms with van der Waals surface area (Å²) in [4.78, 5) is 21.7. The highest BCUT2D eigenvalue weighted by Gasteiger charge is 2.20. The molecule has 1 aromatic carbocycles. The molecule has 98 valence electrons. The van der Waals surface area contributed by atoms with Crippen LogP contribution in [0.1, 0.15) is 30.6 Å². The Labute approximate surface area is 105 Å². The fraction of sp³-hybridized carbons (Fsp3) is 0.417. The molecular weight excluding hydrogens is 236 g/mol. The number of phenols is 1. The van der Waals surface area contributed by atoms with Gasteiger partial charge >= 0.3 is 5.69 Å². The van der Waals surface area contributed by atoms with E-state index in [1.807, 2.05) is 13.8 Å². The van der Waals surface area contributed by atoms with Crippen LogP contribution in [-0.2, 0) is 0 Å². The fourth-order valence-electron chi connectivity index (χ4n) is 1.37.